The summed E-state index contributed by atoms with van der Waals surface area (Å²) < 4.78 is 0. The highest BCUT2D eigenvalue weighted by Crippen LogP contribution is 2.21. The molecule has 24 heavy (non-hydrogen) atoms. The van der Waals surface area contributed by atoms with E-state index in [1.807, 2.05) is 12.1 Å². The lowest BCUT2D eigenvalue weighted by molar-refractivity contribution is 1.47. The van der Waals surface area contributed by atoms with Gasteiger partial charge in [0.25, 0.3) is 0 Å². The largest absolute Gasteiger partial charge is 0.0981 e. The van der Waals surface area contributed by atoms with Crippen LogP contribution in [0.4, 0.5) is 0 Å². The molecule has 0 unspecified atom stereocenters. The Morgan fingerprint density at radius 2 is 0.833 bits per heavy atom. The van der Waals surface area contributed by atoms with Crippen LogP contribution in [-0.4, -0.2) is 0 Å². The first-order valence-electron chi connectivity index (χ1n) is 7.77. The zero-order chi connectivity index (χ0) is 16.5. The number of benzene rings is 3. The van der Waals surface area contributed by atoms with Crippen molar-refractivity contribution < 1.29 is 0 Å². The Hall–Kier alpha value is -2.16. The van der Waals surface area contributed by atoms with Gasteiger partial charge in [0, 0.05) is 9.79 Å². The molecule has 2 heteroatoms. The van der Waals surface area contributed by atoms with Crippen LogP contribution in [0, 0.1) is 0 Å². The van der Waals surface area contributed by atoms with Crippen LogP contribution >= 0.6 is 23.5 Å². The van der Waals surface area contributed by atoms with Gasteiger partial charge in [-0.05, 0) is 58.4 Å². The molecule has 0 aromatic heterocycles. The number of hydrogen-bond donors (Lipinski definition) is 0. The summed E-state index contributed by atoms with van der Waals surface area (Å²) >= 11 is 3.47. The molecule has 0 saturated carbocycles. The highest BCUT2D eigenvalue weighted by atomic mass is 32.2. The van der Waals surface area contributed by atoms with Crippen LogP contribution in [0.15, 0.2) is 106 Å². The zero-order valence-corrected chi connectivity index (χ0v) is 14.8. The van der Waals surface area contributed by atoms with Gasteiger partial charge < -0.3 is 0 Å². The molecular formula is C22H18S2. The van der Waals surface area contributed by atoms with Crippen molar-refractivity contribution in [1.29, 1.82) is 0 Å². The fourth-order valence-corrected chi connectivity index (χ4v) is 3.49. The smallest absolute Gasteiger partial charge is 0.0116 e. The summed E-state index contributed by atoms with van der Waals surface area (Å²) in [6.45, 7) is 0. The maximum Gasteiger partial charge on any atom is 0.0116 e. The standard InChI is InChI=1S/C22H18S2/c1-3-7-21(8-4-1)23-17-15-19-11-13-20(14-12-19)16-18-24-22-9-5-2-6-10-22/h1-18H/b17-15+,18-16+. The van der Waals surface area contributed by atoms with E-state index in [1.54, 1.807) is 23.5 Å². The third-order valence-electron chi connectivity index (χ3n) is 3.35. The second-order valence-electron chi connectivity index (χ2n) is 5.13. The van der Waals surface area contributed by atoms with Crippen LogP contribution in [0.5, 0.6) is 0 Å². The minimum Gasteiger partial charge on any atom is -0.0981 e. The van der Waals surface area contributed by atoms with Crippen LogP contribution in [0.1, 0.15) is 11.1 Å². The van der Waals surface area contributed by atoms with Crippen molar-refractivity contribution in [1.82, 2.24) is 0 Å². The van der Waals surface area contributed by atoms with Gasteiger partial charge in [-0.15, -0.1) is 0 Å². The maximum absolute atomic E-state index is 2.15. The van der Waals surface area contributed by atoms with Gasteiger partial charge in [0.05, 0.1) is 0 Å². The predicted octanol–water partition coefficient (Wildman–Crippen LogP) is 7.21. The highest BCUT2D eigenvalue weighted by molar-refractivity contribution is 8.02. The molecule has 0 aliphatic heterocycles. The molecule has 0 saturated heterocycles. The van der Waals surface area contributed by atoms with Crippen LogP contribution < -0.4 is 0 Å². The van der Waals surface area contributed by atoms with Crippen LogP contribution in [0.3, 0.4) is 0 Å². The molecule has 0 heterocycles. The molecule has 0 fully saturated rings. The van der Waals surface area contributed by atoms with Crippen molar-refractivity contribution in [2.45, 2.75) is 9.79 Å². The van der Waals surface area contributed by atoms with Gasteiger partial charge in [0.2, 0.25) is 0 Å². The van der Waals surface area contributed by atoms with Gasteiger partial charge in [-0.25, -0.2) is 0 Å². The van der Waals surface area contributed by atoms with E-state index in [2.05, 4.69) is 95.8 Å². The fourth-order valence-electron chi connectivity index (χ4n) is 2.10. The third kappa shape index (κ3) is 5.48. The predicted molar refractivity (Wildman–Crippen MR) is 109 cm³/mol. The molecule has 3 rings (SSSR count). The molecule has 0 amide bonds. The molecule has 0 N–H and O–H groups in total. The highest BCUT2D eigenvalue weighted by Gasteiger charge is 1.91. The molecule has 0 aliphatic rings. The van der Waals surface area contributed by atoms with Crippen molar-refractivity contribution in [3.05, 3.63) is 107 Å². The van der Waals surface area contributed by atoms with E-state index in [9.17, 15) is 0 Å². The Labute approximate surface area is 152 Å². The topological polar surface area (TPSA) is 0 Å². The van der Waals surface area contributed by atoms with Crippen LogP contribution in [0.25, 0.3) is 12.2 Å². The molecule has 0 spiro atoms. The van der Waals surface area contributed by atoms with E-state index in [4.69, 9.17) is 0 Å². The Balaban J connectivity index is 1.53. The summed E-state index contributed by atoms with van der Waals surface area (Å²) in [7, 11) is 0. The second kappa shape index (κ2) is 9.21. The molecule has 0 aliphatic carbocycles. The average molecular weight is 347 g/mol. The van der Waals surface area contributed by atoms with Crippen molar-refractivity contribution in [3.8, 4) is 0 Å². The number of thioether (sulfide) groups is 2. The summed E-state index contributed by atoms with van der Waals surface area (Å²) in [5, 5.41) is 4.26. The summed E-state index contributed by atoms with van der Waals surface area (Å²) in [6, 6.07) is 29.4. The maximum atomic E-state index is 2.15. The Morgan fingerprint density at radius 3 is 1.21 bits per heavy atom. The first kappa shape index (κ1) is 16.7. The van der Waals surface area contributed by atoms with E-state index >= 15 is 0 Å². The van der Waals surface area contributed by atoms with E-state index in [1.165, 1.54) is 20.9 Å². The van der Waals surface area contributed by atoms with Crippen molar-refractivity contribution in [3.63, 3.8) is 0 Å². The lowest BCUT2D eigenvalue weighted by Crippen LogP contribution is -1.74. The van der Waals surface area contributed by atoms with Crippen LogP contribution in [0.2, 0.25) is 0 Å². The Bertz CT molecular complexity index is 718. The Kier molecular flexibility index (Phi) is 6.41. The minimum absolute atomic E-state index is 1.21. The molecule has 0 radical (unpaired) electrons. The molecule has 118 valence electrons. The summed E-state index contributed by atoms with van der Waals surface area (Å²) in [6.07, 6.45) is 4.29. The third-order valence-corrected chi connectivity index (χ3v) is 4.99. The molecule has 0 nitrogen and oxygen atoms in total. The molecule has 0 bridgehead atoms. The monoisotopic (exact) mass is 346 g/mol. The van der Waals surface area contributed by atoms with Gasteiger partial charge >= 0.3 is 0 Å². The molecule has 3 aromatic rings. The normalized spacial score (nSPS) is 11.3. The lowest BCUT2D eigenvalue weighted by atomic mass is 10.1. The minimum atomic E-state index is 1.21. The zero-order valence-electron chi connectivity index (χ0n) is 13.2. The first-order chi connectivity index (χ1) is 11.9. The fraction of sp³-hybridized carbons (Fsp3) is 0. The van der Waals surface area contributed by atoms with E-state index in [0.717, 1.165) is 0 Å². The van der Waals surface area contributed by atoms with Gasteiger partial charge in [-0.3, -0.25) is 0 Å². The van der Waals surface area contributed by atoms with Crippen molar-refractivity contribution in [2.24, 2.45) is 0 Å². The van der Waals surface area contributed by atoms with Gasteiger partial charge in [0.1, 0.15) is 0 Å². The van der Waals surface area contributed by atoms with Crippen molar-refractivity contribution in [2.75, 3.05) is 0 Å². The second-order valence-corrected chi connectivity index (χ2v) is 7.09. The van der Waals surface area contributed by atoms with E-state index in [0.29, 0.717) is 0 Å². The lowest BCUT2D eigenvalue weighted by Gasteiger charge is -1.98. The summed E-state index contributed by atoms with van der Waals surface area (Å²) in [4.78, 5) is 2.51. The first-order valence-corrected chi connectivity index (χ1v) is 9.53. The molecule has 3 aromatic carbocycles. The molecular weight excluding hydrogens is 328 g/mol. The quantitative estimate of drug-likeness (QED) is 0.432. The van der Waals surface area contributed by atoms with Crippen molar-refractivity contribution >= 4 is 35.7 Å². The van der Waals surface area contributed by atoms with Gasteiger partial charge in [-0.1, -0.05) is 84.2 Å². The Morgan fingerprint density at radius 1 is 0.458 bits per heavy atom. The van der Waals surface area contributed by atoms with E-state index in [-0.39, 0.29) is 0 Å². The van der Waals surface area contributed by atoms with Gasteiger partial charge in [-0.2, -0.15) is 0 Å². The SMILES string of the molecule is C(=C\c1ccc(/C=C/Sc2ccccc2)cc1)/Sc1ccccc1. The van der Waals surface area contributed by atoms with Gasteiger partial charge in [0.15, 0.2) is 0 Å². The average Bonchev–Trinajstić information content (AvgIpc) is 2.65. The summed E-state index contributed by atoms with van der Waals surface area (Å²) in [5.74, 6) is 0. The number of hydrogen-bond acceptors (Lipinski definition) is 2. The van der Waals surface area contributed by atoms with E-state index < -0.39 is 0 Å². The summed E-state index contributed by atoms with van der Waals surface area (Å²) in [5.41, 5.74) is 2.43. The number of rotatable bonds is 6. The molecule has 0 atom stereocenters. The van der Waals surface area contributed by atoms with Crippen LogP contribution in [-0.2, 0) is 0 Å².